The van der Waals surface area contributed by atoms with Crippen molar-refractivity contribution in [3.8, 4) is 17.2 Å². The van der Waals surface area contributed by atoms with Crippen molar-refractivity contribution in [1.29, 1.82) is 0 Å². The monoisotopic (exact) mass is 296 g/mol. The normalized spacial score (nSPS) is 16.9. The molecular formula is C15H20O6. The second-order valence-electron chi connectivity index (χ2n) is 4.69. The lowest BCUT2D eigenvalue weighted by molar-refractivity contribution is -0.0163. The van der Waals surface area contributed by atoms with Gasteiger partial charge < -0.3 is 28.8 Å². The van der Waals surface area contributed by atoms with Crippen LogP contribution in [-0.4, -0.2) is 39.6 Å². The van der Waals surface area contributed by atoms with E-state index >= 15 is 0 Å². The van der Waals surface area contributed by atoms with Gasteiger partial charge in [-0.05, 0) is 24.6 Å². The summed E-state index contributed by atoms with van der Waals surface area (Å²) < 4.78 is 26.5. The van der Waals surface area contributed by atoms with Crippen LogP contribution in [0.25, 0.3) is 0 Å². The van der Waals surface area contributed by atoms with Crippen LogP contribution in [0.4, 0.5) is 0 Å². The van der Waals surface area contributed by atoms with Gasteiger partial charge in [0.1, 0.15) is 25.1 Å². The molecule has 1 aromatic rings. The van der Waals surface area contributed by atoms with Crippen LogP contribution in [0.5, 0.6) is 17.2 Å². The first-order valence-electron chi connectivity index (χ1n) is 6.52. The van der Waals surface area contributed by atoms with E-state index < -0.39 is 5.60 Å². The Labute approximate surface area is 123 Å². The molecule has 21 heavy (non-hydrogen) atoms. The smallest absolute Gasteiger partial charge is 0.203 e. The van der Waals surface area contributed by atoms with Crippen LogP contribution in [0.2, 0.25) is 0 Å². The predicted molar refractivity (Wildman–Crippen MR) is 75.7 cm³/mol. The van der Waals surface area contributed by atoms with Crippen LogP contribution in [0.1, 0.15) is 12.5 Å². The number of rotatable bonds is 5. The summed E-state index contributed by atoms with van der Waals surface area (Å²) in [6.07, 6.45) is 1.42. The molecule has 0 aromatic heterocycles. The van der Waals surface area contributed by atoms with Gasteiger partial charge in [-0.2, -0.15) is 0 Å². The van der Waals surface area contributed by atoms with Gasteiger partial charge in [-0.3, -0.25) is 0 Å². The molecule has 0 bridgehead atoms. The van der Waals surface area contributed by atoms with Crippen molar-refractivity contribution < 1.29 is 28.8 Å². The first kappa shape index (κ1) is 15.3. The Bertz CT molecular complexity index is 510. The molecule has 1 atom stereocenters. The summed E-state index contributed by atoms with van der Waals surface area (Å²) in [5.74, 6) is 1.73. The van der Waals surface area contributed by atoms with Gasteiger partial charge in [-0.25, -0.2) is 0 Å². The van der Waals surface area contributed by atoms with Crippen molar-refractivity contribution in [3.05, 3.63) is 29.7 Å². The molecule has 1 aliphatic heterocycles. The minimum atomic E-state index is -1.37. The van der Waals surface area contributed by atoms with Crippen LogP contribution < -0.4 is 14.2 Å². The Balaban J connectivity index is 2.50. The number of aliphatic hydroxyl groups is 1. The number of methoxy groups -OCH3 is 3. The molecule has 0 radical (unpaired) electrons. The van der Waals surface area contributed by atoms with Crippen molar-refractivity contribution >= 4 is 0 Å². The van der Waals surface area contributed by atoms with Gasteiger partial charge >= 0.3 is 0 Å². The molecule has 0 saturated carbocycles. The molecule has 0 aliphatic carbocycles. The molecule has 1 heterocycles. The third-order valence-corrected chi connectivity index (χ3v) is 3.36. The molecule has 1 unspecified atom stereocenters. The fourth-order valence-corrected chi connectivity index (χ4v) is 2.13. The first-order valence-corrected chi connectivity index (χ1v) is 6.52. The summed E-state index contributed by atoms with van der Waals surface area (Å²) in [7, 11) is 4.57. The zero-order chi connectivity index (χ0) is 15.5. The van der Waals surface area contributed by atoms with E-state index in [9.17, 15) is 5.11 Å². The Kier molecular flexibility index (Phi) is 4.47. The molecule has 1 N–H and O–H groups in total. The zero-order valence-corrected chi connectivity index (χ0v) is 12.6. The summed E-state index contributed by atoms with van der Waals surface area (Å²) in [5.41, 5.74) is -0.818. The third-order valence-electron chi connectivity index (χ3n) is 3.36. The number of benzene rings is 1. The van der Waals surface area contributed by atoms with Gasteiger partial charge in [-0.1, -0.05) is 0 Å². The highest BCUT2D eigenvalue weighted by Crippen LogP contribution is 2.42. The van der Waals surface area contributed by atoms with Gasteiger partial charge in [0.15, 0.2) is 17.3 Å². The SMILES string of the molecule is COc1cc(C(C)(O)C2=COCCO2)cc(OC)c1OC. The molecule has 6 nitrogen and oxygen atoms in total. The van der Waals surface area contributed by atoms with Crippen LogP contribution in [0.3, 0.4) is 0 Å². The number of hydrogen-bond donors (Lipinski definition) is 1. The maximum absolute atomic E-state index is 10.8. The lowest BCUT2D eigenvalue weighted by Crippen LogP contribution is -2.29. The van der Waals surface area contributed by atoms with Crippen LogP contribution in [0.15, 0.2) is 24.2 Å². The molecule has 1 aromatic carbocycles. The van der Waals surface area contributed by atoms with Gasteiger partial charge in [0.25, 0.3) is 0 Å². The van der Waals surface area contributed by atoms with Gasteiger partial charge in [0, 0.05) is 0 Å². The number of hydrogen-bond acceptors (Lipinski definition) is 6. The van der Waals surface area contributed by atoms with Crippen molar-refractivity contribution in [3.63, 3.8) is 0 Å². The van der Waals surface area contributed by atoms with E-state index in [1.165, 1.54) is 27.6 Å². The molecular weight excluding hydrogens is 276 g/mol. The van der Waals surface area contributed by atoms with Crippen LogP contribution >= 0.6 is 0 Å². The quantitative estimate of drug-likeness (QED) is 0.894. The van der Waals surface area contributed by atoms with Crippen molar-refractivity contribution in [1.82, 2.24) is 0 Å². The molecule has 0 spiro atoms. The lowest BCUT2D eigenvalue weighted by atomic mass is 9.93. The van der Waals surface area contributed by atoms with E-state index in [-0.39, 0.29) is 0 Å². The summed E-state index contributed by atoms with van der Waals surface area (Å²) >= 11 is 0. The standard InChI is InChI=1S/C15H20O6/c1-15(16,13-9-20-5-6-21-13)10-7-11(17-2)14(19-4)12(8-10)18-3/h7-9,16H,5-6H2,1-4H3. The van der Waals surface area contributed by atoms with E-state index in [4.69, 9.17) is 23.7 Å². The molecule has 0 fully saturated rings. The zero-order valence-electron chi connectivity index (χ0n) is 12.6. The molecule has 2 rings (SSSR count). The highest BCUT2D eigenvalue weighted by Gasteiger charge is 2.34. The van der Waals surface area contributed by atoms with Gasteiger partial charge in [0.2, 0.25) is 5.75 Å². The van der Waals surface area contributed by atoms with E-state index in [1.807, 2.05) is 0 Å². The first-order chi connectivity index (χ1) is 10.0. The summed E-state index contributed by atoms with van der Waals surface area (Å²) in [6.45, 7) is 2.48. The molecule has 1 aliphatic rings. The molecule has 0 amide bonds. The Morgan fingerprint density at radius 3 is 2.10 bits per heavy atom. The van der Waals surface area contributed by atoms with E-state index in [0.29, 0.717) is 41.8 Å². The maximum Gasteiger partial charge on any atom is 0.203 e. The maximum atomic E-state index is 10.8. The fraction of sp³-hybridized carbons (Fsp3) is 0.467. The summed E-state index contributed by atoms with van der Waals surface area (Å²) in [6, 6.07) is 3.36. The second kappa shape index (κ2) is 6.13. The van der Waals surface area contributed by atoms with Crippen LogP contribution in [0, 0.1) is 0 Å². The highest BCUT2D eigenvalue weighted by atomic mass is 16.6. The Morgan fingerprint density at radius 2 is 1.67 bits per heavy atom. The van der Waals surface area contributed by atoms with E-state index in [1.54, 1.807) is 19.1 Å². The van der Waals surface area contributed by atoms with Gasteiger partial charge in [0.05, 0.1) is 21.3 Å². The summed E-state index contributed by atoms with van der Waals surface area (Å²) in [5, 5.41) is 10.8. The molecule has 0 saturated heterocycles. The predicted octanol–water partition coefficient (Wildman–Crippen LogP) is 1.81. The minimum Gasteiger partial charge on any atom is -0.494 e. The second-order valence-corrected chi connectivity index (χ2v) is 4.69. The summed E-state index contributed by atoms with van der Waals surface area (Å²) in [4.78, 5) is 0. The third kappa shape index (κ3) is 2.85. The lowest BCUT2D eigenvalue weighted by Gasteiger charge is -2.29. The van der Waals surface area contributed by atoms with Crippen molar-refractivity contribution in [2.75, 3.05) is 34.5 Å². The van der Waals surface area contributed by atoms with E-state index in [0.717, 1.165) is 0 Å². The molecule has 6 heteroatoms. The van der Waals surface area contributed by atoms with Crippen LogP contribution in [-0.2, 0) is 15.1 Å². The average Bonchev–Trinajstić information content (AvgIpc) is 2.54. The Hall–Kier alpha value is -2.08. The highest BCUT2D eigenvalue weighted by molar-refractivity contribution is 5.55. The topological polar surface area (TPSA) is 66.4 Å². The van der Waals surface area contributed by atoms with Crippen molar-refractivity contribution in [2.24, 2.45) is 0 Å². The average molecular weight is 296 g/mol. The molecule has 116 valence electrons. The Morgan fingerprint density at radius 1 is 1.05 bits per heavy atom. The minimum absolute atomic E-state index is 0.336. The van der Waals surface area contributed by atoms with Gasteiger partial charge in [-0.15, -0.1) is 0 Å². The van der Waals surface area contributed by atoms with Crippen molar-refractivity contribution in [2.45, 2.75) is 12.5 Å². The fourth-order valence-electron chi connectivity index (χ4n) is 2.13. The van der Waals surface area contributed by atoms with E-state index in [2.05, 4.69) is 0 Å². The largest absolute Gasteiger partial charge is 0.494 e. The number of ether oxygens (including phenoxy) is 5.